The summed E-state index contributed by atoms with van der Waals surface area (Å²) >= 11 is 4.27. The van der Waals surface area contributed by atoms with Crippen LogP contribution in [-0.4, -0.2) is 23.9 Å². The first kappa shape index (κ1) is 9.99. The molecule has 10 heavy (non-hydrogen) atoms. The zero-order valence-electron chi connectivity index (χ0n) is 4.26. The summed E-state index contributed by atoms with van der Waals surface area (Å²) in [5.74, 6) is 0. The molecule has 0 aliphatic carbocycles. The maximum absolute atomic E-state index is 11.3. The first-order chi connectivity index (χ1) is 4.15. The molecular formula is C2H2ClF3O3S. The van der Waals surface area contributed by atoms with Gasteiger partial charge in [-0.1, -0.05) is 11.6 Å². The van der Waals surface area contributed by atoms with Gasteiger partial charge in [-0.2, -0.15) is 21.6 Å². The van der Waals surface area contributed by atoms with E-state index in [4.69, 9.17) is 4.55 Å². The molecule has 1 N–H and O–H groups in total. The van der Waals surface area contributed by atoms with Crippen molar-refractivity contribution in [2.24, 2.45) is 0 Å². The molecule has 0 aromatic heterocycles. The van der Waals surface area contributed by atoms with Gasteiger partial charge in [0.25, 0.3) is 14.8 Å². The molecule has 0 bridgehead atoms. The van der Waals surface area contributed by atoms with Gasteiger partial charge in [0.1, 0.15) is 0 Å². The summed E-state index contributed by atoms with van der Waals surface area (Å²) < 4.78 is 57.7. The second-order valence-corrected chi connectivity index (χ2v) is 3.57. The Morgan fingerprint density at radius 3 is 1.70 bits per heavy atom. The van der Waals surface area contributed by atoms with Crippen LogP contribution in [0.1, 0.15) is 0 Å². The second-order valence-electron chi connectivity index (χ2n) is 1.37. The molecule has 0 aliphatic heterocycles. The Morgan fingerprint density at radius 1 is 1.40 bits per heavy atom. The van der Waals surface area contributed by atoms with Crippen molar-refractivity contribution in [3.05, 3.63) is 0 Å². The number of rotatable bonds is 1. The lowest BCUT2D eigenvalue weighted by atomic mass is 10.8. The van der Waals surface area contributed by atoms with Crippen molar-refractivity contribution in [2.75, 3.05) is 0 Å². The van der Waals surface area contributed by atoms with Gasteiger partial charge in [0, 0.05) is 0 Å². The maximum atomic E-state index is 11.3. The number of halogens is 4. The Bertz CT molecular complexity index is 206. The van der Waals surface area contributed by atoms with Crippen LogP contribution in [0.2, 0.25) is 0 Å². The topological polar surface area (TPSA) is 54.4 Å². The largest absolute Gasteiger partial charge is 0.421 e. The molecule has 62 valence electrons. The third-order valence-electron chi connectivity index (χ3n) is 0.519. The number of hydrogen-bond donors (Lipinski definition) is 1. The van der Waals surface area contributed by atoms with E-state index in [1.54, 1.807) is 0 Å². The van der Waals surface area contributed by atoms with Crippen LogP contribution in [0.25, 0.3) is 0 Å². The fourth-order valence-electron chi connectivity index (χ4n) is 0.169. The summed E-state index contributed by atoms with van der Waals surface area (Å²) in [5, 5.41) is 0. The van der Waals surface area contributed by atoms with E-state index >= 15 is 0 Å². The van der Waals surface area contributed by atoms with E-state index in [1.807, 2.05) is 0 Å². The summed E-state index contributed by atoms with van der Waals surface area (Å²) in [6.07, 6.45) is -5.13. The summed E-state index contributed by atoms with van der Waals surface area (Å²) in [5.41, 5.74) is 0. The van der Waals surface area contributed by atoms with Gasteiger partial charge < -0.3 is 0 Å². The average molecular weight is 199 g/mol. The van der Waals surface area contributed by atoms with Gasteiger partial charge in [-0.25, -0.2) is 0 Å². The lowest BCUT2D eigenvalue weighted by Crippen LogP contribution is -2.30. The molecule has 0 saturated heterocycles. The normalized spacial score (nSPS) is 16.9. The third-order valence-corrected chi connectivity index (χ3v) is 2.23. The maximum Gasteiger partial charge on any atom is 0.421 e. The molecule has 0 radical (unpaired) electrons. The highest BCUT2D eigenvalue weighted by Crippen LogP contribution is 2.27. The molecule has 0 amide bonds. The van der Waals surface area contributed by atoms with Crippen LogP contribution in [0, 0.1) is 0 Å². The molecule has 0 saturated carbocycles. The molecule has 0 aromatic rings. The minimum Gasteiger partial charge on any atom is -0.284 e. The van der Waals surface area contributed by atoms with Gasteiger partial charge in [0.2, 0.25) is 0 Å². The first-order valence-electron chi connectivity index (χ1n) is 1.83. The number of alkyl halides is 4. The van der Waals surface area contributed by atoms with Crippen molar-refractivity contribution in [1.29, 1.82) is 0 Å². The fraction of sp³-hybridized carbons (Fsp3) is 1.00. The van der Waals surface area contributed by atoms with E-state index in [9.17, 15) is 21.6 Å². The Labute approximate surface area is 59.5 Å². The lowest BCUT2D eigenvalue weighted by molar-refractivity contribution is -0.116. The fourth-order valence-corrected chi connectivity index (χ4v) is 0.507. The highest BCUT2D eigenvalue weighted by atomic mass is 35.5. The lowest BCUT2D eigenvalue weighted by Gasteiger charge is -2.08. The van der Waals surface area contributed by atoms with Gasteiger partial charge >= 0.3 is 6.18 Å². The molecule has 8 heteroatoms. The van der Waals surface area contributed by atoms with Crippen LogP contribution < -0.4 is 0 Å². The van der Waals surface area contributed by atoms with Crippen LogP contribution in [0.15, 0.2) is 0 Å². The minimum atomic E-state index is -5.22. The Balaban J connectivity index is 4.56. The molecule has 0 heterocycles. The van der Waals surface area contributed by atoms with Crippen molar-refractivity contribution in [1.82, 2.24) is 0 Å². The summed E-state index contributed by atoms with van der Waals surface area (Å²) in [6.45, 7) is 0. The van der Waals surface area contributed by atoms with Gasteiger partial charge in [0.15, 0.2) is 0 Å². The van der Waals surface area contributed by atoms with Crippen molar-refractivity contribution in [2.45, 2.75) is 10.9 Å². The molecule has 3 nitrogen and oxygen atoms in total. The van der Waals surface area contributed by atoms with Crippen molar-refractivity contribution in [3.8, 4) is 0 Å². The standard InChI is InChI=1S/C2H2ClF3O3S/c3-1(2(4,5)6)10(7,8)9/h1H,(H,7,8,9). The van der Waals surface area contributed by atoms with E-state index in [-0.39, 0.29) is 0 Å². The van der Waals surface area contributed by atoms with Gasteiger partial charge in [-0.3, -0.25) is 4.55 Å². The molecular weight excluding hydrogens is 197 g/mol. The zero-order chi connectivity index (χ0) is 8.58. The predicted molar refractivity (Wildman–Crippen MR) is 27.2 cm³/mol. The third kappa shape index (κ3) is 2.72. The molecule has 0 rings (SSSR count). The van der Waals surface area contributed by atoms with Gasteiger partial charge in [0.05, 0.1) is 0 Å². The average Bonchev–Trinajstić information content (AvgIpc) is 1.59. The second kappa shape index (κ2) is 2.55. The van der Waals surface area contributed by atoms with Crippen molar-refractivity contribution < 1.29 is 26.1 Å². The molecule has 1 atom stereocenters. The Kier molecular flexibility index (Phi) is 2.55. The number of hydrogen-bond acceptors (Lipinski definition) is 2. The van der Waals surface area contributed by atoms with E-state index in [0.29, 0.717) is 0 Å². The van der Waals surface area contributed by atoms with Crippen molar-refractivity contribution in [3.63, 3.8) is 0 Å². The molecule has 0 fully saturated rings. The quantitative estimate of drug-likeness (QED) is 0.505. The van der Waals surface area contributed by atoms with E-state index in [2.05, 4.69) is 11.6 Å². The molecule has 1 unspecified atom stereocenters. The Morgan fingerprint density at radius 2 is 1.70 bits per heavy atom. The summed E-state index contributed by atoms with van der Waals surface area (Å²) in [6, 6.07) is 0. The van der Waals surface area contributed by atoms with E-state index in [1.165, 1.54) is 0 Å². The Hall–Kier alpha value is -0.0100. The minimum absolute atomic E-state index is 3.24. The smallest absolute Gasteiger partial charge is 0.284 e. The summed E-state index contributed by atoms with van der Waals surface area (Å²) in [4.78, 5) is 0. The monoisotopic (exact) mass is 198 g/mol. The van der Waals surface area contributed by atoms with Gasteiger partial charge in [-0.15, -0.1) is 0 Å². The summed E-state index contributed by atoms with van der Waals surface area (Å²) in [7, 11) is -5.22. The SMILES string of the molecule is O=S(=O)(O)C(Cl)C(F)(F)F. The molecule has 0 spiro atoms. The highest BCUT2D eigenvalue weighted by molar-refractivity contribution is 7.87. The van der Waals surface area contributed by atoms with E-state index < -0.39 is 21.0 Å². The van der Waals surface area contributed by atoms with Crippen LogP contribution in [-0.2, 0) is 10.1 Å². The van der Waals surface area contributed by atoms with Crippen LogP contribution >= 0.6 is 11.6 Å². The van der Waals surface area contributed by atoms with Crippen LogP contribution in [0.3, 0.4) is 0 Å². The van der Waals surface area contributed by atoms with E-state index in [0.717, 1.165) is 0 Å². The van der Waals surface area contributed by atoms with Crippen molar-refractivity contribution >= 4 is 21.7 Å². The van der Waals surface area contributed by atoms with Crippen LogP contribution in [0.5, 0.6) is 0 Å². The molecule has 0 aromatic carbocycles. The predicted octanol–water partition coefficient (Wildman–Crippen LogP) is 1.00. The van der Waals surface area contributed by atoms with Gasteiger partial charge in [-0.05, 0) is 0 Å². The first-order valence-corrected chi connectivity index (χ1v) is 3.77. The highest BCUT2D eigenvalue weighted by Gasteiger charge is 2.46. The van der Waals surface area contributed by atoms with Crippen LogP contribution in [0.4, 0.5) is 13.2 Å². The zero-order valence-corrected chi connectivity index (χ0v) is 5.83. The molecule has 0 aliphatic rings.